The SMILES string of the molecule is CC(C)[Si](OCC(O)c1cccc2ccccc12)(C(C)C)C(C)C. The Morgan fingerprint density at radius 3 is 1.96 bits per heavy atom. The number of hydrogen-bond donors (Lipinski definition) is 1. The van der Waals surface area contributed by atoms with Crippen LogP contribution in [0.4, 0.5) is 0 Å². The van der Waals surface area contributed by atoms with Crippen LogP contribution in [0.3, 0.4) is 0 Å². The molecular formula is C21H32O2Si. The summed E-state index contributed by atoms with van der Waals surface area (Å²) >= 11 is 0. The summed E-state index contributed by atoms with van der Waals surface area (Å²) in [5.41, 5.74) is 2.54. The Morgan fingerprint density at radius 1 is 0.833 bits per heavy atom. The Hall–Kier alpha value is -1.16. The van der Waals surface area contributed by atoms with E-state index in [1.807, 2.05) is 24.3 Å². The first-order chi connectivity index (χ1) is 11.3. The number of aliphatic hydroxyl groups is 1. The van der Waals surface area contributed by atoms with Crippen LogP contribution in [-0.4, -0.2) is 20.0 Å². The second-order valence-corrected chi connectivity index (χ2v) is 13.2. The minimum atomic E-state index is -1.95. The third-order valence-corrected chi connectivity index (χ3v) is 11.5. The molecule has 0 radical (unpaired) electrons. The number of benzene rings is 2. The monoisotopic (exact) mass is 344 g/mol. The van der Waals surface area contributed by atoms with Crippen LogP contribution in [0.5, 0.6) is 0 Å². The van der Waals surface area contributed by atoms with E-state index in [1.165, 1.54) is 0 Å². The van der Waals surface area contributed by atoms with Crippen LogP contribution in [0.2, 0.25) is 16.6 Å². The second kappa shape index (κ2) is 7.81. The molecule has 0 aliphatic heterocycles. The van der Waals surface area contributed by atoms with Gasteiger partial charge in [-0.05, 0) is 33.0 Å². The van der Waals surface area contributed by atoms with Gasteiger partial charge in [0.15, 0.2) is 8.32 Å². The van der Waals surface area contributed by atoms with E-state index in [0.29, 0.717) is 23.2 Å². The molecule has 1 N–H and O–H groups in total. The van der Waals surface area contributed by atoms with Crippen LogP contribution in [0.15, 0.2) is 42.5 Å². The summed E-state index contributed by atoms with van der Waals surface area (Å²) in [6, 6.07) is 14.3. The van der Waals surface area contributed by atoms with Crippen LogP contribution in [0, 0.1) is 0 Å². The van der Waals surface area contributed by atoms with Gasteiger partial charge in [0, 0.05) is 0 Å². The predicted molar refractivity (Wildman–Crippen MR) is 106 cm³/mol. The van der Waals surface area contributed by atoms with Crippen molar-refractivity contribution in [2.75, 3.05) is 6.61 Å². The summed E-state index contributed by atoms with van der Waals surface area (Å²) in [6.45, 7) is 14.0. The molecule has 0 fully saturated rings. The van der Waals surface area contributed by atoms with Crippen LogP contribution in [0.1, 0.15) is 53.2 Å². The normalized spacial score (nSPS) is 14.1. The first-order valence-electron chi connectivity index (χ1n) is 9.10. The smallest absolute Gasteiger partial charge is 0.200 e. The summed E-state index contributed by atoms with van der Waals surface area (Å²) in [5, 5.41) is 13.1. The van der Waals surface area contributed by atoms with E-state index < -0.39 is 14.4 Å². The molecule has 0 heterocycles. The van der Waals surface area contributed by atoms with Gasteiger partial charge in [-0.15, -0.1) is 0 Å². The molecule has 3 heteroatoms. The van der Waals surface area contributed by atoms with Gasteiger partial charge in [-0.1, -0.05) is 84.0 Å². The Bertz CT molecular complexity index is 637. The Morgan fingerprint density at radius 2 is 1.38 bits per heavy atom. The maximum atomic E-state index is 10.8. The summed E-state index contributed by atoms with van der Waals surface area (Å²) in [6.07, 6.45) is -0.584. The van der Waals surface area contributed by atoms with E-state index in [4.69, 9.17) is 4.43 Å². The van der Waals surface area contributed by atoms with E-state index in [-0.39, 0.29) is 0 Å². The second-order valence-electron chi connectivity index (χ2n) is 7.71. The molecule has 0 aromatic heterocycles. The minimum absolute atomic E-state index is 0.384. The predicted octanol–water partition coefficient (Wildman–Crippen LogP) is 6.07. The Labute approximate surface area is 148 Å². The van der Waals surface area contributed by atoms with Gasteiger partial charge in [-0.3, -0.25) is 0 Å². The first-order valence-corrected chi connectivity index (χ1v) is 11.2. The average Bonchev–Trinajstić information content (AvgIpc) is 2.53. The standard InChI is InChI=1S/C21H32O2Si/c1-15(2)24(16(3)4,17(5)6)23-14-21(22)20-13-9-11-18-10-7-8-12-19(18)20/h7-13,15-17,21-22H,14H2,1-6H3. The molecular weight excluding hydrogens is 312 g/mol. The fourth-order valence-corrected chi connectivity index (χ4v) is 9.80. The van der Waals surface area contributed by atoms with Gasteiger partial charge in [-0.2, -0.15) is 0 Å². The number of aliphatic hydroxyl groups excluding tert-OH is 1. The summed E-state index contributed by atoms with van der Waals surface area (Å²) in [5.74, 6) is 0. The zero-order chi connectivity index (χ0) is 17.9. The summed E-state index contributed by atoms with van der Waals surface area (Å²) in [7, 11) is -1.95. The van der Waals surface area contributed by atoms with Crippen molar-refractivity contribution in [2.45, 2.75) is 64.3 Å². The lowest BCUT2D eigenvalue weighted by Crippen LogP contribution is -2.48. The first kappa shape index (κ1) is 19.2. The van der Waals surface area contributed by atoms with Gasteiger partial charge < -0.3 is 9.53 Å². The zero-order valence-corrected chi connectivity index (χ0v) is 16.9. The van der Waals surface area contributed by atoms with Crippen LogP contribution >= 0.6 is 0 Å². The topological polar surface area (TPSA) is 29.5 Å². The lowest BCUT2D eigenvalue weighted by molar-refractivity contribution is 0.0989. The van der Waals surface area contributed by atoms with Crippen LogP contribution in [-0.2, 0) is 4.43 Å². The van der Waals surface area contributed by atoms with Crippen molar-refractivity contribution in [3.05, 3.63) is 48.0 Å². The van der Waals surface area contributed by atoms with Gasteiger partial charge >= 0.3 is 0 Å². The average molecular weight is 345 g/mol. The molecule has 2 rings (SSSR count). The van der Waals surface area contributed by atoms with E-state index >= 15 is 0 Å². The lowest BCUT2D eigenvalue weighted by atomic mass is 10.0. The van der Waals surface area contributed by atoms with Gasteiger partial charge in [0.25, 0.3) is 0 Å². The minimum Gasteiger partial charge on any atom is -0.413 e. The Balaban J connectivity index is 2.26. The van der Waals surface area contributed by atoms with E-state index in [9.17, 15) is 5.11 Å². The molecule has 1 atom stereocenters. The molecule has 0 saturated heterocycles. The molecule has 0 aliphatic rings. The van der Waals surface area contributed by atoms with Gasteiger partial charge in [-0.25, -0.2) is 0 Å². The molecule has 2 aromatic rings. The Kier molecular flexibility index (Phi) is 6.24. The highest BCUT2D eigenvalue weighted by Crippen LogP contribution is 2.42. The van der Waals surface area contributed by atoms with Crippen molar-refractivity contribution in [3.8, 4) is 0 Å². The molecule has 0 amide bonds. The third-order valence-electron chi connectivity index (χ3n) is 5.38. The van der Waals surface area contributed by atoms with Crippen molar-refractivity contribution >= 4 is 19.1 Å². The molecule has 2 aromatic carbocycles. The quantitative estimate of drug-likeness (QED) is 0.618. The van der Waals surface area contributed by atoms with Gasteiger partial charge in [0.05, 0.1) is 6.61 Å². The maximum absolute atomic E-state index is 10.8. The molecule has 24 heavy (non-hydrogen) atoms. The molecule has 2 nitrogen and oxygen atoms in total. The number of hydrogen-bond acceptors (Lipinski definition) is 2. The van der Waals surface area contributed by atoms with Crippen LogP contribution in [0.25, 0.3) is 10.8 Å². The molecule has 0 spiro atoms. The molecule has 0 saturated carbocycles. The molecule has 0 bridgehead atoms. The zero-order valence-electron chi connectivity index (χ0n) is 15.9. The lowest BCUT2D eigenvalue weighted by Gasteiger charge is -2.42. The third kappa shape index (κ3) is 3.58. The summed E-state index contributed by atoms with van der Waals surface area (Å²) < 4.78 is 6.57. The van der Waals surface area contributed by atoms with Crippen molar-refractivity contribution < 1.29 is 9.53 Å². The fourth-order valence-electron chi connectivity index (χ4n) is 4.35. The molecule has 0 aliphatic carbocycles. The number of rotatable bonds is 7. The molecule has 132 valence electrons. The molecule has 1 unspecified atom stereocenters. The number of fused-ring (bicyclic) bond motifs is 1. The highest BCUT2D eigenvalue weighted by Gasteiger charge is 2.45. The highest BCUT2D eigenvalue weighted by atomic mass is 28.4. The largest absolute Gasteiger partial charge is 0.413 e. The van der Waals surface area contributed by atoms with Crippen molar-refractivity contribution in [1.82, 2.24) is 0 Å². The van der Waals surface area contributed by atoms with E-state index in [2.05, 4.69) is 59.7 Å². The maximum Gasteiger partial charge on any atom is 0.200 e. The highest BCUT2D eigenvalue weighted by molar-refractivity contribution is 6.77. The van der Waals surface area contributed by atoms with Gasteiger partial charge in [0.2, 0.25) is 0 Å². The summed E-state index contributed by atoms with van der Waals surface area (Å²) in [4.78, 5) is 0. The van der Waals surface area contributed by atoms with Crippen LogP contribution < -0.4 is 0 Å². The fraction of sp³-hybridized carbons (Fsp3) is 0.524. The van der Waals surface area contributed by atoms with E-state index in [0.717, 1.165) is 16.3 Å². The van der Waals surface area contributed by atoms with Crippen molar-refractivity contribution in [1.29, 1.82) is 0 Å². The van der Waals surface area contributed by atoms with Crippen molar-refractivity contribution in [2.24, 2.45) is 0 Å². The van der Waals surface area contributed by atoms with Gasteiger partial charge in [0.1, 0.15) is 6.10 Å². The van der Waals surface area contributed by atoms with E-state index in [1.54, 1.807) is 0 Å². The van der Waals surface area contributed by atoms with Crippen molar-refractivity contribution in [3.63, 3.8) is 0 Å².